The second-order valence-electron chi connectivity index (χ2n) is 6.37. The Morgan fingerprint density at radius 2 is 2.00 bits per heavy atom. The number of para-hydroxylation sites is 1. The number of hydrogen-bond acceptors (Lipinski definition) is 1. The van der Waals surface area contributed by atoms with Crippen LogP contribution >= 0.6 is 0 Å². The van der Waals surface area contributed by atoms with Crippen LogP contribution in [0, 0.1) is 5.41 Å². The first-order chi connectivity index (χ1) is 8.03. The van der Waals surface area contributed by atoms with E-state index in [1.165, 1.54) is 19.4 Å². The Balaban J connectivity index is 2.23. The van der Waals surface area contributed by atoms with Gasteiger partial charge in [0.1, 0.15) is 0 Å². The Labute approximate surface area is 105 Å². The van der Waals surface area contributed by atoms with Crippen LogP contribution in [0.4, 0.5) is 5.69 Å². The van der Waals surface area contributed by atoms with Crippen molar-refractivity contribution < 1.29 is 0 Å². The van der Waals surface area contributed by atoms with Crippen LogP contribution in [0.3, 0.4) is 0 Å². The molecule has 0 aromatic heterocycles. The second kappa shape index (κ2) is 3.51. The molecule has 2 atom stereocenters. The Morgan fingerprint density at radius 3 is 2.76 bits per heavy atom. The Bertz CT molecular complexity index is 447. The summed E-state index contributed by atoms with van der Waals surface area (Å²) in [5.41, 5.74) is 5.08. The van der Waals surface area contributed by atoms with E-state index in [0.29, 0.717) is 17.4 Å². The molecule has 2 heterocycles. The quantitative estimate of drug-likeness (QED) is 0.650. The molecule has 0 bridgehead atoms. The van der Waals surface area contributed by atoms with Gasteiger partial charge < -0.3 is 4.90 Å². The molecule has 1 heteroatoms. The summed E-state index contributed by atoms with van der Waals surface area (Å²) < 4.78 is 0. The minimum absolute atomic E-state index is 0.364. The number of nitrogens with zero attached hydrogens (tertiary/aromatic N) is 1. The van der Waals surface area contributed by atoms with Gasteiger partial charge in [-0.15, -0.1) is 0 Å². The summed E-state index contributed by atoms with van der Waals surface area (Å²) in [7, 11) is 0. The second-order valence-corrected chi connectivity index (χ2v) is 6.37. The molecule has 0 fully saturated rings. The Kier molecular flexibility index (Phi) is 2.30. The average molecular weight is 229 g/mol. The molecule has 2 unspecified atom stereocenters. The normalized spacial score (nSPS) is 30.0. The highest BCUT2D eigenvalue weighted by Gasteiger charge is 2.43. The zero-order valence-electron chi connectivity index (χ0n) is 11.5. The number of anilines is 1. The fourth-order valence-corrected chi connectivity index (χ4v) is 3.62. The van der Waals surface area contributed by atoms with Crippen LogP contribution in [0.25, 0.3) is 0 Å². The van der Waals surface area contributed by atoms with Gasteiger partial charge in [0.25, 0.3) is 0 Å². The predicted molar refractivity (Wildman–Crippen MR) is 73.8 cm³/mol. The third-order valence-electron chi connectivity index (χ3n) is 5.41. The summed E-state index contributed by atoms with van der Waals surface area (Å²) in [6, 6.07) is 7.56. The van der Waals surface area contributed by atoms with E-state index in [9.17, 15) is 0 Å². The molecule has 3 rings (SSSR count). The van der Waals surface area contributed by atoms with Gasteiger partial charge in [0.05, 0.1) is 0 Å². The third-order valence-corrected chi connectivity index (χ3v) is 5.41. The van der Waals surface area contributed by atoms with Gasteiger partial charge >= 0.3 is 0 Å². The SMILES string of the molecule is CC1c2cccc3c2N(CCC3)C(C)C1(C)C. The monoisotopic (exact) mass is 229 g/mol. The first-order valence-electron chi connectivity index (χ1n) is 6.92. The minimum atomic E-state index is 0.364. The lowest BCUT2D eigenvalue weighted by atomic mass is 9.66. The molecule has 0 spiro atoms. The highest BCUT2D eigenvalue weighted by molar-refractivity contribution is 5.65. The Morgan fingerprint density at radius 1 is 1.24 bits per heavy atom. The van der Waals surface area contributed by atoms with E-state index in [2.05, 4.69) is 50.8 Å². The first kappa shape index (κ1) is 11.1. The molecule has 1 nitrogen and oxygen atoms in total. The lowest BCUT2D eigenvalue weighted by Crippen LogP contribution is -2.51. The Hall–Kier alpha value is -0.980. The van der Waals surface area contributed by atoms with Gasteiger partial charge in [-0.1, -0.05) is 39.0 Å². The van der Waals surface area contributed by atoms with E-state index in [4.69, 9.17) is 0 Å². The third kappa shape index (κ3) is 1.38. The maximum absolute atomic E-state index is 2.66. The maximum atomic E-state index is 2.66. The molecule has 92 valence electrons. The van der Waals surface area contributed by atoms with Gasteiger partial charge in [-0.25, -0.2) is 0 Å². The molecule has 2 aliphatic rings. The molecular weight excluding hydrogens is 206 g/mol. The van der Waals surface area contributed by atoms with E-state index in [0.717, 1.165) is 0 Å². The number of benzene rings is 1. The maximum Gasteiger partial charge on any atom is 0.0436 e. The summed E-state index contributed by atoms with van der Waals surface area (Å²) in [5.74, 6) is 0.654. The van der Waals surface area contributed by atoms with Crippen LogP contribution < -0.4 is 4.90 Å². The van der Waals surface area contributed by atoms with Crippen molar-refractivity contribution in [2.45, 2.75) is 52.5 Å². The molecule has 1 aromatic rings. The van der Waals surface area contributed by atoms with Crippen LogP contribution in [0.5, 0.6) is 0 Å². The smallest absolute Gasteiger partial charge is 0.0436 e. The molecule has 1 aromatic carbocycles. The summed E-state index contributed by atoms with van der Waals surface area (Å²) in [6.45, 7) is 10.9. The van der Waals surface area contributed by atoms with Gasteiger partial charge in [-0.2, -0.15) is 0 Å². The van der Waals surface area contributed by atoms with Gasteiger partial charge in [-0.05, 0) is 42.2 Å². The van der Waals surface area contributed by atoms with E-state index >= 15 is 0 Å². The van der Waals surface area contributed by atoms with E-state index in [1.807, 2.05) is 0 Å². The van der Waals surface area contributed by atoms with Crippen molar-refractivity contribution in [1.29, 1.82) is 0 Å². The number of rotatable bonds is 0. The average Bonchev–Trinajstić information content (AvgIpc) is 2.34. The highest BCUT2D eigenvalue weighted by Crippen LogP contribution is 2.51. The molecule has 2 aliphatic heterocycles. The molecule has 0 N–H and O–H groups in total. The fraction of sp³-hybridized carbons (Fsp3) is 0.625. The van der Waals surface area contributed by atoms with Gasteiger partial charge in [0.2, 0.25) is 0 Å². The van der Waals surface area contributed by atoms with Crippen molar-refractivity contribution in [3.05, 3.63) is 29.3 Å². The molecule has 0 aliphatic carbocycles. The van der Waals surface area contributed by atoms with E-state index < -0.39 is 0 Å². The van der Waals surface area contributed by atoms with Crippen molar-refractivity contribution in [2.24, 2.45) is 5.41 Å². The van der Waals surface area contributed by atoms with Gasteiger partial charge in [0.15, 0.2) is 0 Å². The summed E-state index contributed by atoms with van der Waals surface area (Å²) >= 11 is 0. The van der Waals surface area contributed by atoms with Crippen LogP contribution in [-0.2, 0) is 6.42 Å². The van der Waals surface area contributed by atoms with Crippen molar-refractivity contribution in [3.8, 4) is 0 Å². The largest absolute Gasteiger partial charge is 0.368 e. The fourth-order valence-electron chi connectivity index (χ4n) is 3.62. The van der Waals surface area contributed by atoms with Crippen molar-refractivity contribution in [2.75, 3.05) is 11.4 Å². The van der Waals surface area contributed by atoms with Crippen LogP contribution in [0.15, 0.2) is 18.2 Å². The standard InChI is InChI=1S/C16H23N/c1-11-14-9-5-7-13-8-6-10-17(15(13)14)12(2)16(11,3)4/h5,7,9,11-12H,6,8,10H2,1-4H3. The van der Waals surface area contributed by atoms with Crippen molar-refractivity contribution >= 4 is 5.69 Å². The molecule has 0 saturated carbocycles. The first-order valence-corrected chi connectivity index (χ1v) is 6.92. The van der Waals surface area contributed by atoms with Gasteiger partial charge in [-0.3, -0.25) is 0 Å². The van der Waals surface area contributed by atoms with Crippen LogP contribution in [-0.4, -0.2) is 12.6 Å². The van der Waals surface area contributed by atoms with Crippen LogP contribution in [0.1, 0.15) is 51.2 Å². The molecule has 0 amide bonds. The number of aryl methyl sites for hydroxylation is 1. The molecule has 0 radical (unpaired) electrons. The van der Waals surface area contributed by atoms with Crippen LogP contribution in [0.2, 0.25) is 0 Å². The molecule has 0 saturated heterocycles. The lowest BCUT2D eigenvalue weighted by Gasteiger charge is -2.52. The zero-order valence-corrected chi connectivity index (χ0v) is 11.5. The molecule has 17 heavy (non-hydrogen) atoms. The zero-order chi connectivity index (χ0) is 12.2. The van der Waals surface area contributed by atoms with Crippen molar-refractivity contribution in [1.82, 2.24) is 0 Å². The summed E-state index contributed by atoms with van der Waals surface area (Å²) in [5, 5.41) is 0. The topological polar surface area (TPSA) is 3.24 Å². The summed E-state index contributed by atoms with van der Waals surface area (Å²) in [4.78, 5) is 2.66. The minimum Gasteiger partial charge on any atom is -0.368 e. The molecular formula is C16H23N. The van der Waals surface area contributed by atoms with Crippen molar-refractivity contribution in [3.63, 3.8) is 0 Å². The van der Waals surface area contributed by atoms with Gasteiger partial charge in [0, 0.05) is 18.3 Å². The van der Waals surface area contributed by atoms with E-state index in [1.54, 1.807) is 16.8 Å². The lowest BCUT2D eigenvalue weighted by molar-refractivity contribution is 0.220. The predicted octanol–water partition coefficient (Wildman–Crippen LogP) is 3.97. The summed E-state index contributed by atoms with van der Waals surface area (Å²) in [6.07, 6.45) is 2.57. The number of hydrogen-bond donors (Lipinski definition) is 0. The highest BCUT2D eigenvalue weighted by atomic mass is 15.2. The van der Waals surface area contributed by atoms with E-state index in [-0.39, 0.29) is 0 Å².